The Bertz CT molecular complexity index is 237. The Morgan fingerprint density at radius 2 is 2.06 bits per heavy atom. The van der Waals surface area contributed by atoms with Gasteiger partial charge in [-0.15, -0.1) is 0 Å². The van der Waals surface area contributed by atoms with Crippen LogP contribution in [0.15, 0.2) is 11.1 Å². The highest BCUT2D eigenvalue weighted by Gasteiger charge is 2.18. The van der Waals surface area contributed by atoms with Gasteiger partial charge in [0, 0.05) is 7.11 Å². The van der Waals surface area contributed by atoms with E-state index in [-0.39, 0.29) is 16.9 Å². The smallest absolute Gasteiger partial charge is 0.472 e. The van der Waals surface area contributed by atoms with Crippen LogP contribution in [-0.2, 0) is 24.8 Å². The minimum absolute atomic E-state index is 0.0257. The van der Waals surface area contributed by atoms with E-state index in [1.54, 1.807) is 6.92 Å². The standard InChI is InChI=1S/C5H13O5PS.C2H2Cl2/c1-3-12(8)5-4-10-11(6,7)9-2;1-2(3)4/h3-5H2,1-2H3,(H,6,7);1H2. The van der Waals surface area contributed by atoms with Gasteiger partial charge in [0.1, 0.15) is 18.1 Å². The fraction of sp³-hybridized carbons (Fsp3) is 0.714. The molecule has 1 N–H and O–H groups in total. The summed E-state index contributed by atoms with van der Waals surface area (Å²) in [7, 11) is -2.79. The van der Waals surface area contributed by atoms with Gasteiger partial charge in [0.15, 0.2) is 0 Å². The lowest BCUT2D eigenvalue weighted by molar-refractivity contribution is 0.181. The zero-order valence-corrected chi connectivity index (χ0v) is 12.2. The quantitative estimate of drug-likeness (QED) is 0.602. The van der Waals surface area contributed by atoms with Gasteiger partial charge in [-0.2, -0.15) is 0 Å². The Hall–Kier alpha value is 0.740. The van der Waals surface area contributed by atoms with E-state index in [1.165, 1.54) is 0 Å². The first-order valence-corrected chi connectivity index (χ1v) is 7.87. The molecule has 0 aromatic heterocycles. The lowest BCUT2D eigenvalue weighted by Crippen LogP contribution is -2.13. The molecule has 0 fully saturated rings. The zero-order chi connectivity index (χ0) is 13.2. The Labute approximate surface area is 109 Å². The second-order valence-electron chi connectivity index (χ2n) is 2.26. The van der Waals surface area contributed by atoms with Crippen molar-refractivity contribution in [3.63, 3.8) is 0 Å². The molecule has 2 unspecified atom stereocenters. The summed E-state index contributed by atoms with van der Waals surface area (Å²) in [5, 5.41) is 0. The zero-order valence-electron chi connectivity index (χ0n) is 9.02. The van der Waals surface area contributed by atoms with Crippen molar-refractivity contribution in [2.45, 2.75) is 6.92 Å². The average Bonchev–Trinajstić information content (AvgIpc) is 2.16. The second kappa shape index (κ2) is 10.9. The predicted molar refractivity (Wildman–Crippen MR) is 67.2 cm³/mol. The van der Waals surface area contributed by atoms with Crippen molar-refractivity contribution in [3.05, 3.63) is 11.1 Å². The maximum Gasteiger partial charge on any atom is 0.472 e. The maximum atomic E-state index is 10.8. The summed E-state index contributed by atoms with van der Waals surface area (Å²) in [6, 6.07) is 0. The number of hydrogen-bond acceptors (Lipinski definition) is 4. The van der Waals surface area contributed by atoms with E-state index in [4.69, 9.17) is 28.1 Å². The van der Waals surface area contributed by atoms with Gasteiger partial charge < -0.3 is 9.45 Å². The van der Waals surface area contributed by atoms with E-state index in [9.17, 15) is 9.12 Å². The van der Waals surface area contributed by atoms with Crippen molar-refractivity contribution in [2.75, 3.05) is 25.2 Å². The molecule has 0 aromatic rings. The first kappa shape index (κ1) is 19.1. The Morgan fingerprint density at radius 1 is 1.62 bits per heavy atom. The van der Waals surface area contributed by atoms with Crippen LogP contribution in [0.1, 0.15) is 6.92 Å². The van der Waals surface area contributed by atoms with Gasteiger partial charge in [0.05, 0.1) is 4.49 Å². The van der Waals surface area contributed by atoms with Crippen LogP contribution in [0, 0.1) is 0 Å². The molecule has 0 rings (SSSR count). The van der Waals surface area contributed by atoms with E-state index < -0.39 is 19.0 Å². The van der Waals surface area contributed by atoms with Crippen LogP contribution in [0.2, 0.25) is 0 Å². The molecule has 0 aromatic carbocycles. The SMILES string of the molecule is C=C(Cl)Cl.CC[S+]([O-])CCOP(=O)(O)OC. The molecular formula is C7H15Cl2O5PS. The van der Waals surface area contributed by atoms with Crippen LogP contribution in [0.5, 0.6) is 0 Å². The van der Waals surface area contributed by atoms with E-state index in [0.29, 0.717) is 5.75 Å². The van der Waals surface area contributed by atoms with Crippen LogP contribution >= 0.6 is 31.0 Å². The molecule has 0 radical (unpaired) electrons. The molecule has 2 atom stereocenters. The molecular weight excluding hydrogens is 298 g/mol. The van der Waals surface area contributed by atoms with Crippen molar-refractivity contribution >= 4 is 42.2 Å². The third-order valence-corrected chi connectivity index (χ3v) is 3.35. The van der Waals surface area contributed by atoms with Crippen molar-refractivity contribution in [1.82, 2.24) is 0 Å². The Balaban J connectivity index is 0. The molecule has 0 aliphatic heterocycles. The van der Waals surface area contributed by atoms with Crippen LogP contribution in [0.3, 0.4) is 0 Å². The van der Waals surface area contributed by atoms with Crippen LogP contribution in [0.4, 0.5) is 0 Å². The summed E-state index contributed by atoms with van der Waals surface area (Å²) in [6.45, 7) is 4.83. The monoisotopic (exact) mass is 312 g/mol. The minimum Gasteiger partial charge on any atom is -0.616 e. The molecule has 0 saturated carbocycles. The third-order valence-electron chi connectivity index (χ3n) is 1.12. The van der Waals surface area contributed by atoms with E-state index in [0.717, 1.165) is 7.11 Å². The predicted octanol–water partition coefficient (Wildman–Crippen LogP) is 2.45. The molecule has 0 aliphatic rings. The van der Waals surface area contributed by atoms with Gasteiger partial charge in [-0.3, -0.25) is 9.05 Å². The molecule has 0 bridgehead atoms. The summed E-state index contributed by atoms with van der Waals surface area (Å²) in [4.78, 5) is 8.72. The van der Waals surface area contributed by atoms with Crippen LogP contribution in [-0.4, -0.2) is 34.7 Å². The van der Waals surface area contributed by atoms with Gasteiger partial charge in [0.2, 0.25) is 0 Å². The van der Waals surface area contributed by atoms with E-state index in [1.807, 2.05) is 0 Å². The first-order chi connectivity index (χ1) is 7.25. The fourth-order valence-corrected chi connectivity index (χ4v) is 1.55. The maximum absolute atomic E-state index is 10.8. The second-order valence-corrected chi connectivity index (χ2v) is 6.79. The molecule has 0 heterocycles. The van der Waals surface area contributed by atoms with Gasteiger partial charge in [-0.05, 0) is 6.92 Å². The highest BCUT2D eigenvalue weighted by atomic mass is 35.5. The third kappa shape index (κ3) is 17.1. The molecule has 5 nitrogen and oxygen atoms in total. The van der Waals surface area contributed by atoms with Gasteiger partial charge in [0.25, 0.3) is 0 Å². The molecule has 9 heteroatoms. The van der Waals surface area contributed by atoms with E-state index in [2.05, 4.69) is 15.6 Å². The van der Waals surface area contributed by atoms with Crippen molar-refractivity contribution in [3.8, 4) is 0 Å². The van der Waals surface area contributed by atoms with E-state index >= 15 is 0 Å². The highest BCUT2D eigenvalue weighted by Crippen LogP contribution is 2.41. The molecule has 0 saturated heterocycles. The lowest BCUT2D eigenvalue weighted by Gasteiger charge is -2.10. The normalized spacial score (nSPS) is 15.6. The number of hydrogen-bond donors (Lipinski definition) is 1. The number of halogens is 2. The van der Waals surface area contributed by atoms with Crippen molar-refractivity contribution in [1.29, 1.82) is 0 Å². The molecule has 0 amide bonds. The average molecular weight is 313 g/mol. The van der Waals surface area contributed by atoms with Crippen molar-refractivity contribution in [2.24, 2.45) is 0 Å². The Kier molecular flexibility index (Phi) is 13.0. The topological polar surface area (TPSA) is 78.8 Å². The molecule has 0 spiro atoms. The molecule has 16 heavy (non-hydrogen) atoms. The molecule has 0 aliphatic carbocycles. The summed E-state index contributed by atoms with van der Waals surface area (Å²) < 4.78 is 30.2. The summed E-state index contributed by atoms with van der Waals surface area (Å²) in [6.07, 6.45) is 0. The highest BCUT2D eigenvalue weighted by molar-refractivity contribution is 7.91. The lowest BCUT2D eigenvalue weighted by atomic mass is 10.9. The summed E-state index contributed by atoms with van der Waals surface area (Å²) in [5.41, 5.74) is 0. The largest absolute Gasteiger partial charge is 0.616 e. The first-order valence-electron chi connectivity index (χ1n) is 4.13. The Morgan fingerprint density at radius 3 is 2.38 bits per heavy atom. The van der Waals surface area contributed by atoms with Crippen LogP contribution < -0.4 is 0 Å². The van der Waals surface area contributed by atoms with Gasteiger partial charge in [-0.1, -0.05) is 41.0 Å². The minimum atomic E-state index is -3.87. The van der Waals surface area contributed by atoms with Gasteiger partial charge in [-0.25, -0.2) is 4.57 Å². The van der Waals surface area contributed by atoms with Crippen molar-refractivity contribution < 1.29 is 23.1 Å². The number of rotatable bonds is 6. The molecule has 98 valence electrons. The summed E-state index contributed by atoms with van der Waals surface area (Å²) >= 11 is 8.71. The van der Waals surface area contributed by atoms with Gasteiger partial charge >= 0.3 is 7.82 Å². The number of phosphoric ester groups is 1. The van der Waals surface area contributed by atoms with Crippen LogP contribution in [0.25, 0.3) is 0 Å². The summed E-state index contributed by atoms with van der Waals surface area (Å²) in [5.74, 6) is 0.774. The fourth-order valence-electron chi connectivity index (χ4n) is 0.443. The number of phosphoric acid groups is 1.